The van der Waals surface area contributed by atoms with Gasteiger partial charge in [0.25, 0.3) is 0 Å². The van der Waals surface area contributed by atoms with E-state index >= 15 is 0 Å². The van der Waals surface area contributed by atoms with Crippen LogP contribution in [-0.2, 0) is 6.16 Å². The molecule has 0 aliphatic carbocycles. The Morgan fingerprint density at radius 2 is 1.22 bits per heavy atom. The third kappa shape index (κ3) is 12.7. The Bertz CT molecular complexity index is 509. The summed E-state index contributed by atoms with van der Waals surface area (Å²) in [6.07, 6.45) is 21.0. The van der Waals surface area contributed by atoms with Crippen LogP contribution in [0, 0.1) is 0 Å². The van der Waals surface area contributed by atoms with Crippen molar-refractivity contribution in [3.05, 3.63) is 42.0 Å². The standard InChI is InChI=1S/C25H44ClP/c1-5-7-8-9-10-11-12-13-14-15-16-17-22-27(3,4,26)23-25-20-18-24(6-2)19-21-25/h6,18-21H,2,5,7-17,22-23H2,1,3-4H3. The molecular weight excluding hydrogens is 367 g/mol. The Hall–Kier alpha value is -0.320. The molecular formula is C25H44ClP. The van der Waals surface area contributed by atoms with Crippen molar-refractivity contribution < 1.29 is 0 Å². The van der Waals surface area contributed by atoms with Gasteiger partial charge in [-0.3, -0.25) is 0 Å². The van der Waals surface area contributed by atoms with Gasteiger partial charge in [-0.25, -0.2) is 0 Å². The topological polar surface area (TPSA) is 0 Å². The minimum absolute atomic E-state index is 1.04. The molecule has 0 fully saturated rings. The van der Waals surface area contributed by atoms with Gasteiger partial charge in [0.05, 0.1) is 0 Å². The fourth-order valence-corrected chi connectivity index (χ4v) is 7.31. The van der Waals surface area contributed by atoms with Crippen LogP contribution in [0.15, 0.2) is 30.8 Å². The molecule has 156 valence electrons. The summed E-state index contributed by atoms with van der Waals surface area (Å²) in [7, 11) is 0. The van der Waals surface area contributed by atoms with Gasteiger partial charge in [-0.1, -0.05) is 13.3 Å². The molecule has 0 radical (unpaired) electrons. The van der Waals surface area contributed by atoms with Gasteiger partial charge < -0.3 is 0 Å². The summed E-state index contributed by atoms with van der Waals surface area (Å²) >= 11 is 7.14. The second kappa shape index (κ2) is 13.0. The maximum absolute atomic E-state index is 7.14. The van der Waals surface area contributed by atoms with Crippen LogP contribution in [0.2, 0.25) is 0 Å². The van der Waals surface area contributed by atoms with E-state index in [0.29, 0.717) is 0 Å². The summed E-state index contributed by atoms with van der Waals surface area (Å²) in [5, 5.41) is 0. The fraction of sp³-hybridized carbons (Fsp3) is 0.680. The van der Waals surface area contributed by atoms with Crippen LogP contribution in [0.1, 0.15) is 95.1 Å². The van der Waals surface area contributed by atoms with Crippen LogP contribution in [0.3, 0.4) is 0 Å². The molecule has 0 nitrogen and oxygen atoms in total. The molecule has 0 aliphatic heterocycles. The Kier molecular flexibility index (Phi) is 11.9. The minimum atomic E-state index is -2.10. The normalized spacial score (nSPS) is 13.3. The molecule has 0 saturated carbocycles. The van der Waals surface area contributed by atoms with Gasteiger partial charge in [0.1, 0.15) is 0 Å². The van der Waals surface area contributed by atoms with Gasteiger partial charge >= 0.3 is 162 Å². The molecule has 1 rings (SSSR count). The van der Waals surface area contributed by atoms with Gasteiger partial charge in [-0.05, 0) is 0 Å². The quantitative estimate of drug-likeness (QED) is 0.188. The first kappa shape index (κ1) is 24.7. The molecule has 0 aliphatic rings. The van der Waals surface area contributed by atoms with Crippen LogP contribution >= 0.6 is 17.2 Å². The zero-order chi connectivity index (χ0) is 20.0. The second-order valence-corrected chi connectivity index (χ2v) is 18.5. The molecule has 2 heteroatoms. The van der Waals surface area contributed by atoms with Gasteiger partial charge in [-0.15, -0.1) is 0 Å². The summed E-state index contributed by atoms with van der Waals surface area (Å²) in [4.78, 5) is 0. The van der Waals surface area contributed by atoms with E-state index < -0.39 is 5.96 Å². The maximum atomic E-state index is 7.14. The first-order valence-corrected chi connectivity index (χ1v) is 15.7. The van der Waals surface area contributed by atoms with E-state index in [0.717, 1.165) is 6.16 Å². The van der Waals surface area contributed by atoms with Crippen molar-refractivity contribution in [1.82, 2.24) is 0 Å². The van der Waals surface area contributed by atoms with Crippen LogP contribution in [0.4, 0.5) is 0 Å². The Morgan fingerprint density at radius 1 is 0.778 bits per heavy atom. The average molecular weight is 411 g/mol. The predicted molar refractivity (Wildman–Crippen MR) is 131 cm³/mol. The van der Waals surface area contributed by atoms with Crippen LogP contribution in [0.25, 0.3) is 6.08 Å². The number of hydrogen-bond acceptors (Lipinski definition) is 0. The molecule has 0 amide bonds. The third-order valence-corrected chi connectivity index (χ3v) is 9.49. The van der Waals surface area contributed by atoms with Crippen LogP contribution < -0.4 is 0 Å². The van der Waals surface area contributed by atoms with E-state index in [1.807, 2.05) is 6.08 Å². The summed E-state index contributed by atoms with van der Waals surface area (Å²) < 4.78 is 0. The van der Waals surface area contributed by atoms with Crippen molar-refractivity contribution in [2.24, 2.45) is 0 Å². The number of halogens is 1. The number of benzene rings is 1. The van der Waals surface area contributed by atoms with Crippen molar-refractivity contribution in [2.45, 2.75) is 90.1 Å². The molecule has 27 heavy (non-hydrogen) atoms. The Balaban J connectivity index is 2.12. The molecule has 1 aromatic carbocycles. The molecule has 0 N–H and O–H groups in total. The molecule has 0 spiro atoms. The van der Waals surface area contributed by atoms with Crippen molar-refractivity contribution in [2.75, 3.05) is 19.5 Å². The van der Waals surface area contributed by atoms with Crippen molar-refractivity contribution >= 4 is 23.3 Å². The monoisotopic (exact) mass is 410 g/mol. The molecule has 0 saturated heterocycles. The number of unbranched alkanes of at least 4 members (excludes halogenated alkanes) is 11. The van der Waals surface area contributed by atoms with Crippen molar-refractivity contribution in [3.8, 4) is 0 Å². The van der Waals surface area contributed by atoms with Gasteiger partial charge in [0.2, 0.25) is 0 Å². The van der Waals surface area contributed by atoms with E-state index in [4.69, 9.17) is 11.2 Å². The fourth-order valence-electron chi connectivity index (χ4n) is 3.84. The summed E-state index contributed by atoms with van der Waals surface area (Å²) in [5.41, 5.74) is 2.55. The zero-order valence-electron chi connectivity index (χ0n) is 18.3. The Morgan fingerprint density at radius 3 is 1.67 bits per heavy atom. The van der Waals surface area contributed by atoms with Gasteiger partial charge in [0.15, 0.2) is 0 Å². The van der Waals surface area contributed by atoms with Gasteiger partial charge in [0, 0.05) is 0 Å². The van der Waals surface area contributed by atoms with E-state index in [-0.39, 0.29) is 0 Å². The predicted octanol–water partition coefficient (Wildman–Crippen LogP) is 9.50. The summed E-state index contributed by atoms with van der Waals surface area (Å²) in [6.45, 7) is 10.8. The molecule has 0 heterocycles. The van der Waals surface area contributed by atoms with E-state index in [2.05, 4.69) is 51.1 Å². The van der Waals surface area contributed by atoms with E-state index in [9.17, 15) is 0 Å². The molecule has 1 aromatic rings. The number of rotatable bonds is 16. The van der Waals surface area contributed by atoms with E-state index in [1.165, 1.54) is 94.3 Å². The molecule has 0 bridgehead atoms. The molecule has 0 aromatic heterocycles. The summed E-state index contributed by atoms with van der Waals surface area (Å²) in [5.74, 6) is -2.10. The van der Waals surface area contributed by atoms with E-state index in [1.54, 1.807) is 0 Å². The first-order valence-electron chi connectivity index (χ1n) is 11.3. The SMILES string of the molecule is C=Cc1ccc(CP(C)(C)(Cl)CCCCCCCCCCCCCC)cc1. The molecule has 0 unspecified atom stereocenters. The summed E-state index contributed by atoms with van der Waals surface area (Å²) in [6, 6.07) is 8.73. The van der Waals surface area contributed by atoms with Crippen LogP contribution in [-0.4, -0.2) is 19.5 Å². The zero-order valence-corrected chi connectivity index (χ0v) is 20.0. The van der Waals surface area contributed by atoms with Crippen molar-refractivity contribution in [3.63, 3.8) is 0 Å². The third-order valence-electron chi connectivity index (χ3n) is 5.59. The Labute approximate surface area is 174 Å². The second-order valence-electron chi connectivity index (χ2n) is 9.23. The number of hydrogen-bond donors (Lipinski definition) is 0. The first-order chi connectivity index (χ1) is 12.8. The van der Waals surface area contributed by atoms with Crippen LogP contribution in [0.5, 0.6) is 0 Å². The average Bonchev–Trinajstić information content (AvgIpc) is 2.62. The van der Waals surface area contributed by atoms with Crippen molar-refractivity contribution in [1.29, 1.82) is 0 Å². The van der Waals surface area contributed by atoms with Gasteiger partial charge in [-0.2, -0.15) is 0 Å². The molecule has 0 atom stereocenters.